The summed E-state index contributed by atoms with van der Waals surface area (Å²) >= 11 is 0. The van der Waals surface area contributed by atoms with Gasteiger partial charge in [-0.15, -0.1) is 12.4 Å². The van der Waals surface area contributed by atoms with Gasteiger partial charge in [0.15, 0.2) is 23.3 Å². The minimum absolute atomic E-state index is 0. The third-order valence-electron chi connectivity index (χ3n) is 4.84. The Morgan fingerprint density at radius 1 is 1.09 bits per heavy atom. The maximum atomic E-state index is 13.4. The van der Waals surface area contributed by atoms with Gasteiger partial charge in [-0.2, -0.15) is 4.99 Å². The van der Waals surface area contributed by atoms with Gasteiger partial charge < -0.3 is 27.5 Å². The van der Waals surface area contributed by atoms with Crippen molar-refractivity contribution in [3.05, 3.63) is 71.8 Å². The zero-order valence-electron chi connectivity index (χ0n) is 17.4. The largest absolute Gasteiger partial charge is 0.382 e. The lowest BCUT2D eigenvalue weighted by atomic mass is 10.1. The number of nitrogens with zero attached hydrogens (tertiary/aromatic N) is 3. The molecule has 0 aliphatic rings. The monoisotopic (exact) mass is 468 g/mol. The summed E-state index contributed by atoms with van der Waals surface area (Å²) in [5.41, 5.74) is 19.4. The van der Waals surface area contributed by atoms with E-state index in [1.54, 1.807) is 0 Å². The van der Waals surface area contributed by atoms with Crippen molar-refractivity contribution in [3.63, 3.8) is 0 Å². The molecule has 2 heterocycles. The van der Waals surface area contributed by atoms with Crippen LogP contribution in [0.5, 0.6) is 0 Å². The average Bonchev–Trinajstić information content (AvgIpc) is 3.17. The number of amides is 1. The van der Waals surface area contributed by atoms with Gasteiger partial charge in [0.1, 0.15) is 11.5 Å². The molecule has 0 radical (unpaired) electrons. The lowest BCUT2D eigenvalue weighted by Crippen LogP contribution is -2.25. The Morgan fingerprint density at radius 3 is 2.55 bits per heavy atom. The molecule has 0 atom stereocenters. The number of nitrogens with two attached hydrogens (primary N) is 3. The summed E-state index contributed by atoms with van der Waals surface area (Å²) in [4.78, 5) is 27.7. The quantitative estimate of drug-likeness (QED) is 0.214. The number of carbonyl (C=O) groups is 1. The number of fused-ring (bicyclic) bond motifs is 1. The standard InChI is InChI=1S/C22H21FN8O.ClH/c23-14-7-5-12(6-8-14)17-20(30-19(24)18(29-17)21(32)31-22(25)26)27-10-9-13-11-28-16-4-2-1-3-15(13)16;/h1-8,11,28H,9-10H2,(H3,24,27,30)(H4,25,26,31,32);1H. The fourth-order valence-corrected chi connectivity index (χ4v) is 3.36. The minimum Gasteiger partial charge on any atom is -0.382 e. The van der Waals surface area contributed by atoms with E-state index in [0.29, 0.717) is 30.0 Å². The lowest BCUT2D eigenvalue weighted by molar-refractivity contribution is 0.0998. The Kier molecular flexibility index (Phi) is 7.09. The highest BCUT2D eigenvalue weighted by atomic mass is 35.5. The van der Waals surface area contributed by atoms with Crippen LogP contribution in [0.15, 0.2) is 59.7 Å². The summed E-state index contributed by atoms with van der Waals surface area (Å²) in [6.07, 6.45) is 2.66. The van der Waals surface area contributed by atoms with Gasteiger partial charge in [0.05, 0.1) is 0 Å². The molecule has 0 unspecified atom stereocenters. The van der Waals surface area contributed by atoms with Crippen molar-refractivity contribution in [3.8, 4) is 11.3 Å². The van der Waals surface area contributed by atoms with E-state index in [2.05, 4.69) is 25.3 Å². The van der Waals surface area contributed by atoms with Crippen LogP contribution in [-0.4, -0.2) is 33.4 Å². The molecule has 4 rings (SSSR count). The molecule has 0 bridgehead atoms. The predicted molar refractivity (Wildman–Crippen MR) is 130 cm³/mol. The molecule has 8 N–H and O–H groups in total. The maximum absolute atomic E-state index is 13.4. The van der Waals surface area contributed by atoms with Gasteiger partial charge in [-0.25, -0.2) is 14.4 Å². The number of benzene rings is 2. The summed E-state index contributed by atoms with van der Waals surface area (Å²) in [6.45, 7) is 0.519. The number of nitrogen functional groups attached to an aromatic ring is 1. The van der Waals surface area contributed by atoms with Crippen LogP contribution in [-0.2, 0) is 6.42 Å². The summed E-state index contributed by atoms with van der Waals surface area (Å²) < 4.78 is 13.4. The fourth-order valence-electron chi connectivity index (χ4n) is 3.36. The second-order valence-corrected chi connectivity index (χ2v) is 7.04. The molecule has 0 aliphatic heterocycles. The molecular formula is C22H22ClFN8O. The van der Waals surface area contributed by atoms with Gasteiger partial charge in [-0.3, -0.25) is 4.79 Å². The van der Waals surface area contributed by atoms with Gasteiger partial charge in [0.2, 0.25) is 0 Å². The van der Waals surface area contributed by atoms with Crippen LogP contribution < -0.4 is 22.5 Å². The van der Waals surface area contributed by atoms with Crippen LogP contribution in [0.2, 0.25) is 0 Å². The first kappa shape index (κ1) is 23.5. The summed E-state index contributed by atoms with van der Waals surface area (Å²) in [5, 5.41) is 4.36. The number of aromatic nitrogens is 3. The number of H-pyrrole nitrogens is 1. The Labute approximate surface area is 194 Å². The third kappa shape index (κ3) is 5.18. The second kappa shape index (κ2) is 9.96. The van der Waals surface area contributed by atoms with Crippen molar-refractivity contribution in [2.75, 3.05) is 17.6 Å². The van der Waals surface area contributed by atoms with Crippen molar-refractivity contribution in [2.24, 2.45) is 16.5 Å². The molecule has 9 nitrogen and oxygen atoms in total. The minimum atomic E-state index is -0.816. The molecule has 0 fully saturated rings. The first-order valence-electron chi connectivity index (χ1n) is 9.78. The molecule has 0 aliphatic carbocycles. The molecule has 0 spiro atoms. The summed E-state index contributed by atoms with van der Waals surface area (Å²) in [7, 11) is 0. The van der Waals surface area contributed by atoms with Crippen LogP contribution in [0.3, 0.4) is 0 Å². The Morgan fingerprint density at radius 2 is 1.82 bits per heavy atom. The Balaban J connectivity index is 0.00000306. The normalized spacial score (nSPS) is 10.5. The number of carbonyl (C=O) groups excluding carboxylic acids is 1. The van der Waals surface area contributed by atoms with Crippen LogP contribution >= 0.6 is 12.4 Å². The maximum Gasteiger partial charge on any atom is 0.302 e. The number of anilines is 2. The highest BCUT2D eigenvalue weighted by molar-refractivity contribution is 6.04. The number of aliphatic imine (C=N–C) groups is 1. The van der Waals surface area contributed by atoms with E-state index in [0.717, 1.165) is 16.5 Å². The first-order valence-corrected chi connectivity index (χ1v) is 9.78. The number of rotatable bonds is 6. The number of halogens is 2. The molecule has 2 aromatic heterocycles. The third-order valence-corrected chi connectivity index (χ3v) is 4.84. The van der Waals surface area contributed by atoms with Gasteiger partial charge >= 0.3 is 5.91 Å². The van der Waals surface area contributed by atoms with Crippen LogP contribution in [0.4, 0.5) is 16.0 Å². The first-order chi connectivity index (χ1) is 15.4. The van der Waals surface area contributed by atoms with Crippen LogP contribution in [0.1, 0.15) is 16.1 Å². The second-order valence-electron chi connectivity index (χ2n) is 7.04. The molecule has 0 saturated carbocycles. The zero-order chi connectivity index (χ0) is 22.7. The molecule has 33 heavy (non-hydrogen) atoms. The molecule has 4 aromatic rings. The lowest BCUT2D eigenvalue weighted by Gasteiger charge is -2.13. The highest BCUT2D eigenvalue weighted by Gasteiger charge is 2.19. The smallest absolute Gasteiger partial charge is 0.302 e. The van der Waals surface area contributed by atoms with Gasteiger partial charge in [0, 0.05) is 29.2 Å². The van der Waals surface area contributed by atoms with E-state index in [-0.39, 0.29) is 23.9 Å². The van der Waals surface area contributed by atoms with Gasteiger partial charge in [-0.1, -0.05) is 18.2 Å². The fraction of sp³-hybridized carbons (Fsp3) is 0.0909. The van der Waals surface area contributed by atoms with Crippen LogP contribution in [0.25, 0.3) is 22.2 Å². The van der Waals surface area contributed by atoms with E-state index >= 15 is 0 Å². The topological polar surface area (TPSA) is 161 Å². The Hall–Kier alpha value is -4.18. The number of hydrogen-bond acceptors (Lipinski definition) is 5. The number of nitrogens with one attached hydrogen (secondary N) is 2. The highest BCUT2D eigenvalue weighted by Crippen LogP contribution is 2.27. The molecule has 170 valence electrons. The van der Waals surface area contributed by atoms with E-state index < -0.39 is 17.7 Å². The molecule has 11 heteroatoms. The summed E-state index contributed by atoms with van der Waals surface area (Å²) in [5.74, 6) is -1.40. The Bertz CT molecular complexity index is 1320. The molecule has 1 amide bonds. The zero-order valence-corrected chi connectivity index (χ0v) is 18.2. The number of guanidine groups is 1. The number of hydrogen-bond donors (Lipinski definition) is 5. The van der Waals surface area contributed by atoms with E-state index in [1.807, 2.05) is 30.5 Å². The van der Waals surface area contributed by atoms with E-state index in [9.17, 15) is 9.18 Å². The van der Waals surface area contributed by atoms with Crippen LogP contribution in [0, 0.1) is 5.82 Å². The summed E-state index contributed by atoms with van der Waals surface area (Å²) in [6, 6.07) is 13.7. The van der Waals surface area contributed by atoms with Crippen molar-refractivity contribution in [2.45, 2.75) is 6.42 Å². The number of para-hydroxylation sites is 1. The van der Waals surface area contributed by atoms with Crippen molar-refractivity contribution >= 4 is 46.8 Å². The van der Waals surface area contributed by atoms with E-state index in [1.165, 1.54) is 24.3 Å². The molecule has 0 saturated heterocycles. The van der Waals surface area contributed by atoms with Crippen molar-refractivity contribution in [1.29, 1.82) is 0 Å². The SMILES string of the molecule is Cl.NC(N)=NC(=O)c1nc(-c2ccc(F)cc2)c(NCCc2c[nH]c3ccccc23)nc1N. The van der Waals surface area contributed by atoms with E-state index in [4.69, 9.17) is 17.2 Å². The molecular weight excluding hydrogens is 447 g/mol. The van der Waals surface area contributed by atoms with Crippen molar-refractivity contribution in [1.82, 2.24) is 15.0 Å². The number of aromatic amines is 1. The predicted octanol–water partition coefficient (Wildman–Crippen LogP) is 2.84. The van der Waals surface area contributed by atoms with Gasteiger partial charge in [0.25, 0.3) is 0 Å². The average molecular weight is 469 g/mol. The van der Waals surface area contributed by atoms with Crippen molar-refractivity contribution < 1.29 is 9.18 Å². The molecule has 2 aromatic carbocycles. The van der Waals surface area contributed by atoms with Gasteiger partial charge in [-0.05, 0) is 42.3 Å².